The minimum Gasteiger partial charge on any atom is -0.493 e. The predicted octanol–water partition coefficient (Wildman–Crippen LogP) is 2.17. The zero-order valence-corrected chi connectivity index (χ0v) is 15.5. The van der Waals surface area contributed by atoms with E-state index in [9.17, 15) is 5.11 Å². The second kappa shape index (κ2) is 8.31. The van der Waals surface area contributed by atoms with Gasteiger partial charge in [-0.05, 0) is 17.7 Å². The number of aromatic nitrogens is 3. The van der Waals surface area contributed by atoms with E-state index in [2.05, 4.69) is 31.1 Å². The molecule has 0 amide bonds. The zero-order chi connectivity index (χ0) is 18.4. The van der Waals surface area contributed by atoms with Crippen LogP contribution in [0, 0.1) is 0 Å². The summed E-state index contributed by atoms with van der Waals surface area (Å²) < 4.78 is 17.7. The number of nitrogens with zero attached hydrogens (tertiary/aromatic N) is 3. The Bertz CT molecular complexity index is 679. The first-order chi connectivity index (χ1) is 11.8. The predicted molar refractivity (Wildman–Crippen MR) is 93.9 cm³/mol. The number of aliphatic hydroxyl groups is 1. The van der Waals surface area contributed by atoms with E-state index in [0.717, 1.165) is 11.3 Å². The molecule has 7 heteroatoms. The van der Waals surface area contributed by atoms with Crippen molar-refractivity contribution in [1.29, 1.82) is 0 Å². The van der Waals surface area contributed by atoms with E-state index in [1.54, 1.807) is 18.9 Å². The summed E-state index contributed by atoms with van der Waals surface area (Å²) in [5.41, 5.74) is 1.78. The average Bonchev–Trinajstić information content (AvgIpc) is 3.03. The maximum absolute atomic E-state index is 10.1. The van der Waals surface area contributed by atoms with Crippen LogP contribution in [0.15, 0.2) is 24.4 Å². The van der Waals surface area contributed by atoms with Gasteiger partial charge >= 0.3 is 0 Å². The molecule has 2 aromatic rings. The van der Waals surface area contributed by atoms with Crippen LogP contribution in [0.5, 0.6) is 11.5 Å². The quantitative estimate of drug-likeness (QED) is 0.787. The molecule has 1 heterocycles. The van der Waals surface area contributed by atoms with Gasteiger partial charge in [-0.1, -0.05) is 32.1 Å². The standard InChI is InChI=1S/C18H27N3O4/c1-18(2,3)17-10-21(20-19-17)9-14(22)12-25-11-13-6-7-15(23-4)16(8-13)24-5/h6-8,10,14,22H,9,11-12H2,1-5H3. The third kappa shape index (κ3) is 5.44. The summed E-state index contributed by atoms with van der Waals surface area (Å²) in [5, 5.41) is 18.3. The highest BCUT2D eigenvalue weighted by Crippen LogP contribution is 2.27. The fraction of sp³-hybridized carbons (Fsp3) is 0.556. The second-order valence-electron chi connectivity index (χ2n) is 6.93. The Morgan fingerprint density at radius 1 is 1.16 bits per heavy atom. The molecule has 0 fully saturated rings. The Morgan fingerprint density at radius 3 is 2.48 bits per heavy atom. The molecule has 1 atom stereocenters. The summed E-state index contributed by atoms with van der Waals surface area (Å²) >= 11 is 0. The van der Waals surface area contributed by atoms with Gasteiger partial charge in [-0.2, -0.15) is 0 Å². The molecule has 1 unspecified atom stereocenters. The monoisotopic (exact) mass is 349 g/mol. The SMILES string of the molecule is COc1ccc(COCC(O)Cn2cc(C(C)(C)C)nn2)cc1OC. The van der Waals surface area contributed by atoms with Gasteiger partial charge in [0.1, 0.15) is 0 Å². The number of ether oxygens (including phenoxy) is 3. The lowest BCUT2D eigenvalue weighted by molar-refractivity contribution is 0.0184. The Kier molecular flexibility index (Phi) is 6.39. The molecule has 0 saturated carbocycles. The number of rotatable bonds is 8. The van der Waals surface area contributed by atoms with E-state index >= 15 is 0 Å². The maximum atomic E-state index is 10.1. The first kappa shape index (κ1) is 19.2. The number of aliphatic hydroxyl groups excluding tert-OH is 1. The maximum Gasteiger partial charge on any atom is 0.161 e. The van der Waals surface area contributed by atoms with Gasteiger partial charge in [0.15, 0.2) is 11.5 Å². The summed E-state index contributed by atoms with van der Waals surface area (Å²) in [6, 6.07) is 5.59. The summed E-state index contributed by atoms with van der Waals surface area (Å²) in [6.45, 7) is 7.15. The van der Waals surface area contributed by atoms with Crippen molar-refractivity contribution >= 4 is 0 Å². The van der Waals surface area contributed by atoms with E-state index in [1.807, 2.05) is 24.4 Å². The molecule has 0 aliphatic heterocycles. The third-order valence-corrected chi connectivity index (χ3v) is 3.73. The van der Waals surface area contributed by atoms with Crippen LogP contribution in [-0.4, -0.2) is 47.0 Å². The first-order valence-corrected chi connectivity index (χ1v) is 8.21. The highest BCUT2D eigenvalue weighted by atomic mass is 16.5. The molecule has 138 valence electrons. The number of hydrogen-bond donors (Lipinski definition) is 1. The lowest BCUT2D eigenvalue weighted by atomic mass is 9.93. The van der Waals surface area contributed by atoms with Crippen LogP contribution in [-0.2, 0) is 23.3 Å². The van der Waals surface area contributed by atoms with Gasteiger partial charge in [0.05, 0.1) is 45.8 Å². The normalized spacial score (nSPS) is 12.9. The molecule has 0 saturated heterocycles. The molecule has 25 heavy (non-hydrogen) atoms. The highest BCUT2D eigenvalue weighted by molar-refractivity contribution is 5.42. The van der Waals surface area contributed by atoms with Gasteiger partial charge < -0.3 is 19.3 Å². The van der Waals surface area contributed by atoms with Gasteiger partial charge in [-0.15, -0.1) is 5.10 Å². The molecule has 0 bridgehead atoms. The zero-order valence-electron chi connectivity index (χ0n) is 15.5. The van der Waals surface area contributed by atoms with Gasteiger partial charge in [0.2, 0.25) is 0 Å². The highest BCUT2D eigenvalue weighted by Gasteiger charge is 2.18. The third-order valence-electron chi connectivity index (χ3n) is 3.73. The number of hydrogen-bond acceptors (Lipinski definition) is 6. The summed E-state index contributed by atoms with van der Waals surface area (Å²) in [7, 11) is 3.19. The van der Waals surface area contributed by atoms with Crippen LogP contribution >= 0.6 is 0 Å². The van der Waals surface area contributed by atoms with E-state index < -0.39 is 6.10 Å². The van der Waals surface area contributed by atoms with E-state index in [4.69, 9.17) is 14.2 Å². The van der Waals surface area contributed by atoms with E-state index in [-0.39, 0.29) is 12.0 Å². The minimum atomic E-state index is -0.658. The van der Waals surface area contributed by atoms with Crippen molar-refractivity contribution in [2.24, 2.45) is 0 Å². The Balaban J connectivity index is 1.82. The largest absolute Gasteiger partial charge is 0.493 e. The van der Waals surface area contributed by atoms with Crippen molar-refractivity contribution in [3.8, 4) is 11.5 Å². The van der Waals surface area contributed by atoms with Crippen LogP contribution in [0.4, 0.5) is 0 Å². The van der Waals surface area contributed by atoms with Gasteiger partial charge in [0, 0.05) is 11.6 Å². The average molecular weight is 349 g/mol. The summed E-state index contributed by atoms with van der Waals surface area (Å²) in [4.78, 5) is 0. The molecule has 1 aromatic carbocycles. The Morgan fingerprint density at radius 2 is 1.88 bits per heavy atom. The first-order valence-electron chi connectivity index (χ1n) is 8.21. The molecular weight excluding hydrogens is 322 g/mol. The number of benzene rings is 1. The molecule has 1 aromatic heterocycles. The van der Waals surface area contributed by atoms with Crippen LogP contribution in [0.3, 0.4) is 0 Å². The Hall–Kier alpha value is -2.12. The molecule has 2 rings (SSSR count). The fourth-order valence-corrected chi connectivity index (χ4v) is 2.28. The summed E-state index contributed by atoms with van der Waals surface area (Å²) in [5.74, 6) is 1.33. The molecular formula is C18H27N3O4. The van der Waals surface area contributed by atoms with Crippen molar-refractivity contribution in [3.63, 3.8) is 0 Å². The van der Waals surface area contributed by atoms with E-state index in [0.29, 0.717) is 24.7 Å². The Labute approximate surface area is 148 Å². The summed E-state index contributed by atoms with van der Waals surface area (Å²) in [6.07, 6.45) is 1.20. The molecule has 1 N–H and O–H groups in total. The van der Waals surface area contributed by atoms with Crippen molar-refractivity contribution in [2.75, 3.05) is 20.8 Å². The van der Waals surface area contributed by atoms with Gasteiger partial charge in [0.25, 0.3) is 0 Å². The smallest absolute Gasteiger partial charge is 0.161 e. The molecule has 0 spiro atoms. The topological polar surface area (TPSA) is 78.6 Å². The van der Waals surface area contributed by atoms with Crippen molar-refractivity contribution in [3.05, 3.63) is 35.7 Å². The van der Waals surface area contributed by atoms with Crippen molar-refractivity contribution in [1.82, 2.24) is 15.0 Å². The van der Waals surface area contributed by atoms with Crippen LogP contribution in [0.25, 0.3) is 0 Å². The van der Waals surface area contributed by atoms with Crippen molar-refractivity contribution < 1.29 is 19.3 Å². The fourth-order valence-electron chi connectivity index (χ4n) is 2.28. The molecule has 7 nitrogen and oxygen atoms in total. The van der Waals surface area contributed by atoms with Crippen LogP contribution in [0.1, 0.15) is 32.0 Å². The number of methoxy groups -OCH3 is 2. The molecule has 0 radical (unpaired) electrons. The van der Waals surface area contributed by atoms with Crippen molar-refractivity contribution in [2.45, 2.75) is 45.4 Å². The van der Waals surface area contributed by atoms with E-state index in [1.165, 1.54) is 0 Å². The minimum absolute atomic E-state index is 0.0624. The van der Waals surface area contributed by atoms with Crippen LogP contribution < -0.4 is 9.47 Å². The second-order valence-corrected chi connectivity index (χ2v) is 6.93. The lowest BCUT2D eigenvalue weighted by Gasteiger charge is -2.14. The van der Waals surface area contributed by atoms with Gasteiger partial charge in [-0.25, -0.2) is 4.68 Å². The molecule has 0 aliphatic carbocycles. The van der Waals surface area contributed by atoms with Crippen LogP contribution in [0.2, 0.25) is 0 Å². The molecule has 0 aliphatic rings. The van der Waals surface area contributed by atoms with Gasteiger partial charge in [-0.3, -0.25) is 0 Å². The lowest BCUT2D eigenvalue weighted by Crippen LogP contribution is -2.22.